The summed E-state index contributed by atoms with van der Waals surface area (Å²) < 4.78 is 0. The molecule has 0 bridgehead atoms. The lowest BCUT2D eigenvalue weighted by Gasteiger charge is -2.06. The highest BCUT2D eigenvalue weighted by Crippen LogP contribution is 2.17. The van der Waals surface area contributed by atoms with E-state index in [0.717, 1.165) is 11.3 Å². The second-order valence-corrected chi connectivity index (χ2v) is 4.08. The topological polar surface area (TPSA) is 75.1 Å². The summed E-state index contributed by atoms with van der Waals surface area (Å²) in [5.41, 5.74) is 1.87. The van der Waals surface area contributed by atoms with Crippen molar-refractivity contribution in [3.63, 3.8) is 0 Å². The van der Waals surface area contributed by atoms with Gasteiger partial charge in [-0.05, 0) is 6.42 Å². The van der Waals surface area contributed by atoms with Gasteiger partial charge in [0.2, 0.25) is 0 Å². The summed E-state index contributed by atoms with van der Waals surface area (Å²) in [6.07, 6.45) is 2.23. The van der Waals surface area contributed by atoms with Gasteiger partial charge in [0.25, 0.3) is 0 Å². The zero-order chi connectivity index (χ0) is 13.5. The number of carboxylic acid groups (broad SMARTS) is 1. The highest BCUT2D eigenvalue weighted by Gasteiger charge is 2.01. The summed E-state index contributed by atoms with van der Waals surface area (Å²) in [7, 11) is 0. The number of rotatable bonds is 6. The molecular weight excluding hydrogens is 242 g/mol. The van der Waals surface area contributed by atoms with Gasteiger partial charge in [-0.15, -0.1) is 0 Å². The molecule has 0 atom stereocenters. The van der Waals surface area contributed by atoms with E-state index in [1.165, 1.54) is 6.33 Å². The average molecular weight is 257 g/mol. The molecule has 5 nitrogen and oxygen atoms in total. The zero-order valence-corrected chi connectivity index (χ0v) is 10.4. The molecule has 2 N–H and O–H groups in total. The van der Waals surface area contributed by atoms with Gasteiger partial charge < -0.3 is 10.4 Å². The SMILES string of the molecule is O=C(O)CCCNc1cc(-c2ccccc2)ncn1. The van der Waals surface area contributed by atoms with Crippen molar-refractivity contribution in [3.8, 4) is 11.3 Å². The molecule has 0 amide bonds. The minimum absolute atomic E-state index is 0.156. The second kappa shape index (κ2) is 6.49. The highest BCUT2D eigenvalue weighted by molar-refractivity contribution is 5.66. The number of carboxylic acids is 1. The minimum Gasteiger partial charge on any atom is -0.481 e. The van der Waals surface area contributed by atoms with E-state index in [1.54, 1.807) is 0 Å². The summed E-state index contributed by atoms with van der Waals surface area (Å²) in [4.78, 5) is 18.7. The number of aromatic nitrogens is 2. The first-order chi connectivity index (χ1) is 9.25. The van der Waals surface area contributed by atoms with Crippen molar-refractivity contribution in [2.45, 2.75) is 12.8 Å². The van der Waals surface area contributed by atoms with Gasteiger partial charge in [0, 0.05) is 24.6 Å². The Bertz CT molecular complexity index is 543. The molecule has 0 aliphatic carbocycles. The maximum atomic E-state index is 10.4. The van der Waals surface area contributed by atoms with Gasteiger partial charge in [-0.1, -0.05) is 30.3 Å². The number of anilines is 1. The number of nitrogens with zero attached hydrogens (tertiary/aromatic N) is 2. The Kier molecular flexibility index (Phi) is 4.44. The molecule has 0 aliphatic heterocycles. The molecule has 0 aliphatic rings. The number of carbonyl (C=O) groups is 1. The van der Waals surface area contributed by atoms with E-state index in [0.29, 0.717) is 18.8 Å². The van der Waals surface area contributed by atoms with Crippen LogP contribution in [0.5, 0.6) is 0 Å². The zero-order valence-electron chi connectivity index (χ0n) is 10.4. The maximum absolute atomic E-state index is 10.4. The Labute approximate surface area is 111 Å². The summed E-state index contributed by atoms with van der Waals surface area (Å²) in [6.45, 7) is 0.581. The van der Waals surface area contributed by atoms with Crippen LogP contribution in [0.2, 0.25) is 0 Å². The smallest absolute Gasteiger partial charge is 0.303 e. The van der Waals surface area contributed by atoms with E-state index in [9.17, 15) is 4.79 Å². The number of nitrogens with one attached hydrogen (secondary N) is 1. The van der Waals surface area contributed by atoms with Crippen LogP contribution < -0.4 is 5.32 Å². The van der Waals surface area contributed by atoms with Crippen LogP contribution in [-0.4, -0.2) is 27.6 Å². The van der Waals surface area contributed by atoms with Crippen molar-refractivity contribution in [3.05, 3.63) is 42.7 Å². The van der Waals surface area contributed by atoms with E-state index < -0.39 is 5.97 Å². The first kappa shape index (κ1) is 13.0. The quantitative estimate of drug-likeness (QED) is 0.777. The molecule has 0 saturated heterocycles. The van der Waals surface area contributed by atoms with E-state index in [1.807, 2.05) is 36.4 Å². The number of hydrogen-bond donors (Lipinski definition) is 2. The summed E-state index contributed by atoms with van der Waals surface area (Å²) in [5, 5.41) is 11.6. The van der Waals surface area contributed by atoms with Crippen LogP contribution in [0.15, 0.2) is 42.7 Å². The van der Waals surface area contributed by atoms with Gasteiger partial charge >= 0.3 is 5.97 Å². The fraction of sp³-hybridized carbons (Fsp3) is 0.214. The Hall–Kier alpha value is -2.43. The van der Waals surface area contributed by atoms with Crippen LogP contribution in [-0.2, 0) is 4.79 Å². The molecule has 0 saturated carbocycles. The number of hydrogen-bond acceptors (Lipinski definition) is 4. The van der Waals surface area contributed by atoms with Crippen molar-refractivity contribution >= 4 is 11.8 Å². The predicted molar refractivity (Wildman–Crippen MR) is 72.8 cm³/mol. The largest absolute Gasteiger partial charge is 0.481 e. The molecule has 1 aromatic heterocycles. The summed E-state index contributed by atoms with van der Waals surface area (Å²) >= 11 is 0. The lowest BCUT2D eigenvalue weighted by molar-refractivity contribution is -0.137. The molecule has 1 aromatic carbocycles. The van der Waals surface area contributed by atoms with Gasteiger partial charge in [0.1, 0.15) is 12.1 Å². The Morgan fingerprint density at radius 2 is 2.00 bits per heavy atom. The molecule has 0 unspecified atom stereocenters. The fourth-order valence-corrected chi connectivity index (χ4v) is 1.68. The lowest BCUT2D eigenvalue weighted by Crippen LogP contribution is -2.06. The third-order valence-electron chi connectivity index (χ3n) is 2.61. The van der Waals surface area contributed by atoms with Crippen LogP contribution >= 0.6 is 0 Å². The molecular formula is C14H15N3O2. The lowest BCUT2D eigenvalue weighted by atomic mass is 10.1. The Balaban J connectivity index is 1.98. The van der Waals surface area contributed by atoms with Crippen molar-refractivity contribution in [1.29, 1.82) is 0 Å². The molecule has 2 rings (SSSR count). The van der Waals surface area contributed by atoms with Gasteiger partial charge in [-0.3, -0.25) is 4.79 Å². The van der Waals surface area contributed by atoms with E-state index in [-0.39, 0.29) is 6.42 Å². The number of aliphatic carboxylic acids is 1. The van der Waals surface area contributed by atoms with Gasteiger partial charge in [-0.25, -0.2) is 9.97 Å². The molecule has 5 heteroatoms. The van der Waals surface area contributed by atoms with Crippen LogP contribution in [0.1, 0.15) is 12.8 Å². The molecule has 19 heavy (non-hydrogen) atoms. The minimum atomic E-state index is -0.783. The second-order valence-electron chi connectivity index (χ2n) is 4.08. The molecule has 1 heterocycles. The number of benzene rings is 1. The first-order valence-electron chi connectivity index (χ1n) is 6.09. The van der Waals surface area contributed by atoms with Crippen molar-refractivity contribution < 1.29 is 9.90 Å². The van der Waals surface area contributed by atoms with Crippen LogP contribution in [0.25, 0.3) is 11.3 Å². The normalized spacial score (nSPS) is 10.1. The predicted octanol–water partition coefficient (Wildman–Crippen LogP) is 2.42. The van der Waals surface area contributed by atoms with Crippen molar-refractivity contribution in [1.82, 2.24) is 9.97 Å². The van der Waals surface area contributed by atoms with Crippen LogP contribution in [0.3, 0.4) is 0 Å². The monoisotopic (exact) mass is 257 g/mol. The first-order valence-corrected chi connectivity index (χ1v) is 6.09. The Morgan fingerprint density at radius 1 is 1.21 bits per heavy atom. The van der Waals surface area contributed by atoms with Crippen molar-refractivity contribution in [2.75, 3.05) is 11.9 Å². The van der Waals surface area contributed by atoms with E-state index >= 15 is 0 Å². The standard InChI is InChI=1S/C14H15N3O2/c18-14(19)7-4-8-15-13-9-12(16-10-17-13)11-5-2-1-3-6-11/h1-3,5-6,9-10H,4,7-8H2,(H,18,19)(H,15,16,17). The van der Waals surface area contributed by atoms with E-state index in [4.69, 9.17) is 5.11 Å². The molecule has 98 valence electrons. The molecule has 0 fully saturated rings. The van der Waals surface area contributed by atoms with Gasteiger partial charge in [-0.2, -0.15) is 0 Å². The van der Waals surface area contributed by atoms with Crippen LogP contribution in [0, 0.1) is 0 Å². The van der Waals surface area contributed by atoms with Gasteiger partial charge in [0.15, 0.2) is 0 Å². The summed E-state index contributed by atoms with van der Waals surface area (Å²) in [6, 6.07) is 11.7. The summed E-state index contributed by atoms with van der Waals surface area (Å²) in [5.74, 6) is -0.0753. The molecule has 2 aromatic rings. The third kappa shape index (κ3) is 4.06. The average Bonchev–Trinajstić information content (AvgIpc) is 2.45. The third-order valence-corrected chi connectivity index (χ3v) is 2.61. The van der Waals surface area contributed by atoms with E-state index in [2.05, 4.69) is 15.3 Å². The fourth-order valence-electron chi connectivity index (χ4n) is 1.68. The molecule has 0 radical (unpaired) electrons. The van der Waals surface area contributed by atoms with Crippen molar-refractivity contribution in [2.24, 2.45) is 0 Å². The molecule has 0 spiro atoms. The van der Waals surface area contributed by atoms with Crippen LogP contribution in [0.4, 0.5) is 5.82 Å². The maximum Gasteiger partial charge on any atom is 0.303 e. The Morgan fingerprint density at radius 3 is 2.74 bits per heavy atom. The van der Waals surface area contributed by atoms with Gasteiger partial charge in [0.05, 0.1) is 5.69 Å². The highest BCUT2D eigenvalue weighted by atomic mass is 16.4.